The summed E-state index contributed by atoms with van der Waals surface area (Å²) in [7, 11) is 0. The zero-order valence-electron chi connectivity index (χ0n) is 12.5. The van der Waals surface area contributed by atoms with E-state index in [2.05, 4.69) is 5.32 Å². The molecule has 1 amide bonds. The Labute approximate surface area is 128 Å². The molecule has 0 aromatic heterocycles. The van der Waals surface area contributed by atoms with E-state index in [1.54, 1.807) is 20.8 Å². The summed E-state index contributed by atoms with van der Waals surface area (Å²) in [6, 6.07) is 6.10. The molecule has 7 heteroatoms. The second-order valence-electron chi connectivity index (χ2n) is 5.64. The molecule has 3 N–H and O–H groups in total. The first-order valence-corrected chi connectivity index (χ1v) is 6.54. The van der Waals surface area contributed by atoms with E-state index in [0.717, 1.165) is 0 Å². The maximum absolute atomic E-state index is 11.7. The summed E-state index contributed by atoms with van der Waals surface area (Å²) >= 11 is 0. The molecule has 1 aromatic carbocycles. The van der Waals surface area contributed by atoms with Gasteiger partial charge >= 0.3 is 12.1 Å². The number of carboxylic acid groups (broad SMARTS) is 1. The number of aliphatic hydroxyl groups is 1. The molecule has 0 saturated heterocycles. The number of carboxylic acids is 1. The van der Waals surface area contributed by atoms with E-state index in [9.17, 15) is 19.8 Å². The van der Waals surface area contributed by atoms with E-state index in [4.69, 9.17) is 10.00 Å². The number of hydrogen-bond donors (Lipinski definition) is 3. The van der Waals surface area contributed by atoms with Gasteiger partial charge in [0.25, 0.3) is 0 Å². The summed E-state index contributed by atoms with van der Waals surface area (Å²) in [6.07, 6.45) is -2.41. The van der Waals surface area contributed by atoms with Crippen molar-refractivity contribution in [1.82, 2.24) is 5.32 Å². The molecule has 0 spiro atoms. The lowest BCUT2D eigenvalue weighted by Gasteiger charge is -2.24. The van der Waals surface area contributed by atoms with Gasteiger partial charge in [-0.05, 0) is 38.5 Å². The summed E-state index contributed by atoms with van der Waals surface area (Å²) in [5.41, 5.74) is -0.141. The Balaban J connectivity index is 2.88. The Hall–Kier alpha value is -2.59. The van der Waals surface area contributed by atoms with Gasteiger partial charge in [0.2, 0.25) is 0 Å². The van der Waals surface area contributed by atoms with Gasteiger partial charge in [0, 0.05) is 0 Å². The van der Waals surface area contributed by atoms with Crippen LogP contribution in [0.5, 0.6) is 0 Å². The molecule has 0 bridgehead atoms. The number of nitriles is 1. The number of aliphatic hydroxyl groups excluding tert-OH is 1. The minimum absolute atomic E-state index is 0.266. The quantitative estimate of drug-likeness (QED) is 0.776. The smallest absolute Gasteiger partial charge is 0.408 e. The average Bonchev–Trinajstić information content (AvgIpc) is 2.42. The standard InChI is InChI=1S/C15H18N2O5/c1-15(2,3)22-14(21)17-11(13(19)20)12(18)10-6-4-9(8-16)5-7-10/h4-7,11-12,18H,1-3H3,(H,17,21)(H,19,20). The van der Waals surface area contributed by atoms with E-state index < -0.39 is 29.8 Å². The molecular weight excluding hydrogens is 288 g/mol. The largest absolute Gasteiger partial charge is 0.480 e. The second kappa shape index (κ2) is 6.91. The maximum atomic E-state index is 11.7. The second-order valence-corrected chi connectivity index (χ2v) is 5.64. The van der Waals surface area contributed by atoms with Crippen LogP contribution in [0, 0.1) is 11.3 Å². The molecule has 1 aromatic rings. The third kappa shape index (κ3) is 5.07. The third-order valence-electron chi connectivity index (χ3n) is 2.64. The van der Waals surface area contributed by atoms with Crippen LogP contribution in [0.2, 0.25) is 0 Å². The highest BCUT2D eigenvalue weighted by Gasteiger charge is 2.31. The van der Waals surface area contributed by atoms with Gasteiger partial charge in [-0.15, -0.1) is 0 Å². The Kier molecular flexibility index (Phi) is 5.49. The number of carbonyl (C=O) groups is 2. The molecular formula is C15H18N2O5. The number of nitrogens with zero attached hydrogens (tertiary/aromatic N) is 1. The normalized spacial score (nSPS) is 13.6. The van der Waals surface area contributed by atoms with E-state index in [0.29, 0.717) is 5.56 Å². The van der Waals surface area contributed by atoms with Crippen molar-refractivity contribution in [3.8, 4) is 6.07 Å². The molecule has 118 valence electrons. The fourth-order valence-electron chi connectivity index (χ4n) is 1.66. The molecule has 2 unspecified atom stereocenters. The lowest BCUT2D eigenvalue weighted by atomic mass is 10.0. The molecule has 0 aliphatic carbocycles. The van der Waals surface area contributed by atoms with Crippen molar-refractivity contribution in [2.45, 2.75) is 38.5 Å². The molecule has 0 heterocycles. The number of rotatable bonds is 4. The Morgan fingerprint density at radius 1 is 1.27 bits per heavy atom. The highest BCUT2D eigenvalue weighted by molar-refractivity contribution is 5.80. The highest BCUT2D eigenvalue weighted by Crippen LogP contribution is 2.18. The summed E-state index contributed by atoms with van der Waals surface area (Å²) < 4.78 is 4.97. The Morgan fingerprint density at radius 2 is 1.82 bits per heavy atom. The Bertz CT molecular complexity index is 583. The number of hydrogen-bond acceptors (Lipinski definition) is 5. The van der Waals surface area contributed by atoms with E-state index in [1.807, 2.05) is 6.07 Å². The first-order valence-electron chi connectivity index (χ1n) is 6.54. The van der Waals surface area contributed by atoms with Gasteiger partial charge in [-0.3, -0.25) is 0 Å². The van der Waals surface area contributed by atoms with E-state index in [-0.39, 0.29) is 5.56 Å². The van der Waals surface area contributed by atoms with Crippen LogP contribution >= 0.6 is 0 Å². The molecule has 0 aliphatic heterocycles. The van der Waals surface area contributed by atoms with Gasteiger partial charge in [-0.25, -0.2) is 9.59 Å². The maximum Gasteiger partial charge on any atom is 0.408 e. The van der Waals surface area contributed by atoms with Crippen LogP contribution in [0.15, 0.2) is 24.3 Å². The first kappa shape index (κ1) is 17.5. The molecule has 0 aliphatic rings. The predicted molar refractivity (Wildman–Crippen MR) is 76.9 cm³/mol. The fourth-order valence-corrected chi connectivity index (χ4v) is 1.66. The summed E-state index contributed by atoms with van der Waals surface area (Å²) in [4.78, 5) is 22.9. The number of nitrogens with one attached hydrogen (secondary N) is 1. The van der Waals surface area contributed by atoms with Crippen LogP contribution in [0.4, 0.5) is 4.79 Å². The molecule has 0 radical (unpaired) electrons. The van der Waals surface area contributed by atoms with Crippen LogP contribution < -0.4 is 5.32 Å². The lowest BCUT2D eigenvalue weighted by molar-refractivity contribution is -0.142. The van der Waals surface area contributed by atoms with Crippen molar-refractivity contribution in [3.05, 3.63) is 35.4 Å². The van der Waals surface area contributed by atoms with Crippen LogP contribution in [-0.4, -0.2) is 33.9 Å². The van der Waals surface area contributed by atoms with Gasteiger partial charge in [-0.1, -0.05) is 12.1 Å². The minimum Gasteiger partial charge on any atom is -0.480 e. The minimum atomic E-state index is -1.57. The number of alkyl carbamates (subject to hydrolysis) is 1. The molecule has 0 fully saturated rings. The zero-order chi connectivity index (χ0) is 16.9. The zero-order valence-corrected chi connectivity index (χ0v) is 12.5. The molecule has 7 nitrogen and oxygen atoms in total. The van der Waals surface area contributed by atoms with Gasteiger partial charge in [0.15, 0.2) is 6.04 Å². The van der Waals surface area contributed by atoms with E-state index in [1.165, 1.54) is 24.3 Å². The van der Waals surface area contributed by atoms with Crippen molar-refractivity contribution in [1.29, 1.82) is 5.26 Å². The predicted octanol–water partition coefficient (Wildman–Crippen LogP) is 1.57. The van der Waals surface area contributed by atoms with Gasteiger partial charge < -0.3 is 20.3 Å². The van der Waals surface area contributed by atoms with Crippen LogP contribution in [0.3, 0.4) is 0 Å². The highest BCUT2D eigenvalue weighted by atomic mass is 16.6. The van der Waals surface area contributed by atoms with Gasteiger partial charge in [-0.2, -0.15) is 5.26 Å². The summed E-state index contributed by atoms with van der Waals surface area (Å²) in [6.45, 7) is 4.91. The van der Waals surface area contributed by atoms with Crippen LogP contribution in [0.25, 0.3) is 0 Å². The van der Waals surface area contributed by atoms with E-state index >= 15 is 0 Å². The number of aliphatic carboxylic acids is 1. The van der Waals surface area contributed by atoms with Crippen molar-refractivity contribution in [3.63, 3.8) is 0 Å². The van der Waals surface area contributed by atoms with Crippen molar-refractivity contribution in [2.24, 2.45) is 0 Å². The molecule has 22 heavy (non-hydrogen) atoms. The third-order valence-corrected chi connectivity index (χ3v) is 2.64. The first-order chi connectivity index (χ1) is 10.1. The molecule has 0 saturated carbocycles. The molecule has 2 atom stereocenters. The van der Waals surface area contributed by atoms with Gasteiger partial charge in [0.05, 0.1) is 11.6 Å². The van der Waals surface area contributed by atoms with Crippen molar-refractivity contribution in [2.75, 3.05) is 0 Å². The van der Waals surface area contributed by atoms with Gasteiger partial charge in [0.1, 0.15) is 11.7 Å². The number of benzene rings is 1. The average molecular weight is 306 g/mol. The van der Waals surface area contributed by atoms with Crippen LogP contribution in [-0.2, 0) is 9.53 Å². The summed E-state index contributed by atoms with van der Waals surface area (Å²) in [5, 5.41) is 30.1. The van der Waals surface area contributed by atoms with Crippen molar-refractivity contribution >= 4 is 12.1 Å². The lowest BCUT2D eigenvalue weighted by Crippen LogP contribution is -2.46. The number of amides is 1. The van der Waals surface area contributed by atoms with Crippen LogP contribution in [0.1, 0.15) is 38.0 Å². The monoisotopic (exact) mass is 306 g/mol. The molecule has 1 rings (SSSR count). The van der Waals surface area contributed by atoms with Crippen molar-refractivity contribution < 1.29 is 24.5 Å². The SMILES string of the molecule is CC(C)(C)OC(=O)NC(C(=O)O)C(O)c1ccc(C#N)cc1. The summed E-state index contributed by atoms with van der Waals surface area (Å²) in [5.74, 6) is -1.40. The number of carbonyl (C=O) groups excluding carboxylic acids is 1. The Morgan fingerprint density at radius 3 is 2.23 bits per heavy atom. The topological polar surface area (TPSA) is 120 Å². The fraction of sp³-hybridized carbons (Fsp3) is 0.400. The number of ether oxygens (including phenoxy) is 1.